The van der Waals surface area contributed by atoms with E-state index in [1.165, 1.54) is 25.4 Å². The van der Waals surface area contributed by atoms with Gasteiger partial charge in [0, 0.05) is 5.69 Å². The third kappa shape index (κ3) is 3.44. The minimum Gasteiger partial charge on any atom is -0.339 e. The molecule has 0 aliphatic rings. The van der Waals surface area contributed by atoms with E-state index >= 15 is 0 Å². The normalized spacial score (nSPS) is 11.4. The van der Waals surface area contributed by atoms with E-state index in [4.69, 9.17) is 0 Å². The van der Waals surface area contributed by atoms with Gasteiger partial charge in [-0.05, 0) is 40.5 Å². The van der Waals surface area contributed by atoms with E-state index in [2.05, 4.69) is 31.2 Å². The number of anilines is 2. The lowest BCUT2D eigenvalue weighted by molar-refractivity contribution is -0.138. The molecule has 7 heteroatoms. The van der Waals surface area contributed by atoms with Crippen molar-refractivity contribution < 1.29 is 13.2 Å². The van der Waals surface area contributed by atoms with Gasteiger partial charge in [0.1, 0.15) is 10.4 Å². The summed E-state index contributed by atoms with van der Waals surface area (Å²) >= 11 is 3.13. The molecule has 0 spiro atoms. The van der Waals surface area contributed by atoms with Gasteiger partial charge >= 0.3 is 6.18 Å². The molecular weight excluding hydrogens is 323 g/mol. The van der Waals surface area contributed by atoms with Gasteiger partial charge in [-0.25, -0.2) is 9.97 Å². The van der Waals surface area contributed by atoms with E-state index in [9.17, 15) is 13.2 Å². The number of rotatable bonds is 2. The summed E-state index contributed by atoms with van der Waals surface area (Å²) in [7, 11) is 0. The van der Waals surface area contributed by atoms with Crippen molar-refractivity contribution in [2.45, 2.75) is 13.1 Å². The third-order valence-electron chi connectivity index (χ3n) is 2.44. The van der Waals surface area contributed by atoms with Crippen LogP contribution in [0.1, 0.15) is 11.1 Å². The number of hydrogen-bond acceptors (Lipinski definition) is 3. The monoisotopic (exact) mass is 331 g/mol. The zero-order valence-corrected chi connectivity index (χ0v) is 11.4. The summed E-state index contributed by atoms with van der Waals surface area (Å²) in [5.41, 5.74) is -0.169. The molecule has 0 amide bonds. The topological polar surface area (TPSA) is 37.8 Å². The fraction of sp³-hybridized carbons (Fsp3) is 0.167. The van der Waals surface area contributed by atoms with Crippen molar-refractivity contribution in [2.24, 2.45) is 0 Å². The molecule has 2 rings (SSSR count). The standard InChI is InChI=1S/C12H9BrF3N3/c1-7-2-3-8(4-9(7)12(14,15)16)19-11-6-17-10(13)5-18-11/h2-6H,1H3,(H,18,19). The quantitative estimate of drug-likeness (QED) is 0.891. The number of aromatic nitrogens is 2. The maximum absolute atomic E-state index is 12.8. The highest BCUT2D eigenvalue weighted by Gasteiger charge is 2.32. The maximum Gasteiger partial charge on any atom is 0.416 e. The number of alkyl halides is 3. The molecule has 1 N–H and O–H groups in total. The Hall–Kier alpha value is -1.63. The van der Waals surface area contributed by atoms with Crippen LogP contribution in [-0.2, 0) is 6.18 Å². The summed E-state index contributed by atoms with van der Waals surface area (Å²) in [6.07, 6.45) is -1.48. The molecule has 0 atom stereocenters. The summed E-state index contributed by atoms with van der Waals surface area (Å²) < 4.78 is 38.8. The Bertz CT molecular complexity index is 582. The largest absolute Gasteiger partial charge is 0.416 e. The van der Waals surface area contributed by atoms with Crippen LogP contribution in [0.15, 0.2) is 35.2 Å². The van der Waals surface area contributed by atoms with E-state index in [1.54, 1.807) is 6.07 Å². The molecule has 100 valence electrons. The molecule has 1 aromatic carbocycles. The first-order chi connectivity index (χ1) is 8.86. The molecule has 0 saturated heterocycles. The Kier molecular flexibility index (Phi) is 3.75. The molecule has 19 heavy (non-hydrogen) atoms. The molecule has 0 aliphatic carbocycles. The number of halogens is 4. The Morgan fingerprint density at radius 1 is 1.16 bits per heavy atom. The van der Waals surface area contributed by atoms with Crippen LogP contribution >= 0.6 is 15.9 Å². The lowest BCUT2D eigenvalue weighted by Gasteiger charge is -2.12. The van der Waals surface area contributed by atoms with Gasteiger partial charge < -0.3 is 5.32 Å². The SMILES string of the molecule is Cc1ccc(Nc2cnc(Br)cn2)cc1C(F)(F)F. The Morgan fingerprint density at radius 2 is 1.89 bits per heavy atom. The highest BCUT2D eigenvalue weighted by molar-refractivity contribution is 9.10. The third-order valence-corrected chi connectivity index (χ3v) is 2.85. The first kappa shape index (κ1) is 13.8. The highest BCUT2D eigenvalue weighted by atomic mass is 79.9. The maximum atomic E-state index is 12.8. The second-order valence-electron chi connectivity index (χ2n) is 3.88. The number of nitrogens with zero attached hydrogens (tertiary/aromatic N) is 2. The van der Waals surface area contributed by atoms with Gasteiger partial charge in [0.05, 0.1) is 18.0 Å². The first-order valence-electron chi connectivity index (χ1n) is 5.28. The molecule has 0 radical (unpaired) electrons. The molecule has 1 aromatic heterocycles. The van der Waals surface area contributed by atoms with Gasteiger partial charge in [-0.3, -0.25) is 0 Å². The highest BCUT2D eigenvalue weighted by Crippen LogP contribution is 2.33. The minimum atomic E-state index is -4.37. The molecule has 0 aliphatic heterocycles. The zero-order valence-electron chi connectivity index (χ0n) is 9.79. The summed E-state index contributed by atoms with van der Waals surface area (Å²) in [6, 6.07) is 4.03. The lowest BCUT2D eigenvalue weighted by atomic mass is 10.1. The number of benzene rings is 1. The number of nitrogens with one attached hydrogen (secondary N) is 1. The predicted molar refractivity (Wildman–Crippen MR) is 69.2 cm³/mol. The molecule has 0 bridgehead atoms. The molecular formula is C12H9BrF3N3. The van der Waals surface area contributed by atoms with Crippen molar-refractivity contribution >= 4 is 27.4 Å². The Labute approximate surface area is 116 Å². The Balaban J connectivity index is 2.29. The van der Waals surface area contributed by atoms with Crippen LogP contribution in [0.4, 0.5) is 24.7 Å². The smallest absolute Gasteiger partial charge is 0.339 e. The van der Waals surface area contributed by atoms with Crippen LogP contribution in [-0.4, -0.2) is 9.97 Å². The van der Waals surface area contributed by atoms with Crippen molar-refractivity contribution in [1.29, 1.82) is 0 Å². The average molecular weight is 332 g/mol. The van der Waals surface area contributed by atoms with Gasteiger partial charge in [0.25, 0.3) is 0 Å². The first-order valence-corrected chi connectivity index (χ1v) is 6.08. The van der Waals surface area contributed by atoms with Crippen LogP contribution in [0.25, 0.3) is 0 Å². The van der Waals surface area contributed by atoms with E-state index in [0.29, 0.717) is 16.1 Å². The van der Waals surface area contributed by atoms with Gasteiger partial charge in [0.15, 0.2) is 0 Å². The van der Waals surface area contributed by atoms with Gasteiger partial charge in [0.2, 0.25) is 0 Å². The molecule has 0 saturated carbocycles. The summed E-state index contributed by atoms with van der Waals surface area (Å²) in [4.78, 5) is 7.92. The van der Waals surface area contributed by atoms with Crippen LogP contribution in [0.5, 0.6) is 0 Å². The second-order valence-corrected chi connectivity index (χ2v) is 4.69. The van der Waals surface area contributed by atoms with Gasteiger partial charge in [-0.1, -0.05) is 6.07 Å². The Morgan fingerprint density at radius 3 is 2.47 bits per heavy atom. The zero-order chi connectivity index (χ0) is 14.0. The molecule has 1 heterocycles. The van der Waals surface area contributed by atoms with Crippen LogP contribution < -0.4 is 5.32 Å². The fourth-order valence-electron chi connectivity index (χ4n) is 1.53. The predicted octanol–water partition coefficient (Wildman–Crippen LogP) is 4.31. The lowest BCUT2D eigenvalue weighted by Crippen LogP contribution is -2.08. The fourth-order valence-corrected chi connectivity index (χ4v) is 1.73. The molecule has 2 aromatic rings. The summed E-state index contributed by atoms with van der Waals surface area (Å²) in [5, 5.41) is 2.78. The van der Waals surface area contributed by atoms with Crippen molar-refractivity contribution in [3.05, 3.63) is 46.3 Å². The van der Waals surface area contributed by atoms with Gasteiger partial charge in [-0.2, -0.15) is 13.2 Å². The summed E-state index contributed by atoms with van der Waals surface area (Å²) in [6.45, 7) is 1.42. The number of hydrogen-bond donors (Lipinski definition) is 1. The van der Waals surface area contributed by atoms with Crippen LogP contribution in [0.2, 0.25) is 0 Å². The molecule has 0 fully saturated rings. The van der Waals surface area contributed by atoms with E-state index < -0.39 is 11.7 Å². The van der Waals surface area contributed by atoms with Gasteiger partial charge in [-0.15, -0.1) is 0 Å². The van der Waals surface area contributed by atoms with E-state index in [0.717, 1.165) is 6.07 Å². The van der Waals surface area contributed by atoms with E-state index in [1.807, 2.05) is 0 Å². The average Bonchev–Trinajstić information content (AvgIpc) is 2.33. The number of aryl methyl sites for hydroxylation is 1. The van der Waals surface area contributed by atoms with Crippen molar-refractivity contribution in [3.63, 3.8) is 0 Å². The van der Waals surface area contributed by atoms with Crippen molar-refractivity contribution in [1.82, 2.24) is 9.97 Å². The van der Waals surface area contributed by atoms with Crippen molar-refractivity contribution in [3.8, 4) is 0 Å². The second kappa shape index (κ2) is 5.16. The minimum absolute atomic E-state index is 0.181. The summed E-state index contributed by atoms with van der Waals surface area (Å²) in [5.74, 6) is 0.375. The van der Waals surface area contributed by atoms with Crippen molar-refractivity contribution in [2.75, 3.05) is 5.32 Å². The molecule has 0 unspecified atom stereocenters. The molecule has 3 nitrogen and oxygen atoms in total. The van der Waals surface area contributed by atoms with Crippen LogP contribution in [0, 0.1) is 6.92 Å². The van der Waals surface area contributed by atoms with E-state index in [-0.39, 0.29) is 5.56 Å². The van der Waals surface area contributed by atoms with Crippen LogP contribution in [0.3, 0.4) is 0 Å².